The van der Waals surface area contributed by atoms with Gasteiger partial charge in [-0.25, -0.2) is 0 Å². The van der Waals surface area contributed by atoms with Crippen molar-refractivity contribution in [1.29, 1.82) is 15.9 Å². The Hall–Kier alpha value is -2.99. The van der Waals surface area contributed by atoms with Gasteiger partial charge < -0.3 is 4.74 Å². The number of benzene rings is 1. The molecule has 1 atom stereocenters. The van der Waals surface area contributed by atoms with Crippen LogP contribution in [0.1, 0.15) is 57.4 Å². The molecule has 28 heavy (non-hydrogen) atoms. The number of hydrogen-bond donors (Lipinski definition) is 1. The first-order valence-corrected chi connectivity index (χ1v) is 9.80. The van der Waals surface area contributed by atoms with Crippen molar-refractivity contribution in [3.8, 4) is 17.9 Å². The molecule has 146 valence electrons. The highest BCUT2D eigenvalue weighted by molar-refractivity contribution is 6.03. The molecule has 1 aromatic rings. The van der Waals surface area contributed by atoms with Gasteiger partial charge in [0.1, 0.15) is 17.5 Å². The van der Waals surface area contributed by atoms with E-state index in [9.17, 15) is 4.79 Å². The molecule has 0 unspecified atom stereocenters. The van der Waals surface area contributed by atoms with E-state index in [0.717, 1.165) is 31.6 Å². The van der Waals surface area contributed by atoms with E-state index in [1.54, 1.807) is 36.4 Å². The van der Waals surface area contributed by atoms with E-state index in [2.05, 4.69) is 11.9 Å². The number of aliphatic imine (C=N–C) groups is 1. The van der Waals surface area contributed by atoms with Crippen LogP contribution in [-0.4, -0.2) is 23.9 Å². The molecule has 0 aromatic heterocycles. The lowest BCUT2D eigenvalue weighted by molar-refractivity contribution is -0.140. The highest BCUT2D eigenvalue weighted by atomic mass is 16.5. The Morgan fingerprint density at radius 2 is 1.96 bits per heavy atom. The summed E-state index contributed by atoms with van der Waals surface area (Å²) in [6, 6.07) is 9.12. The number of ether oxygens (including phenoxy) is 1. The van der Waals surface area contributed by atoms with Crippen LogP contribution in [-0.2, 0) is 4.79 Å². The maximum absolute atomic E-state index is 12.4. The van der Waals surface area contributed by atoms with Gasteiger partial charge in [-0.3, -0.25) is 15.2 Å². The minimum absolute atomic E-state index is 0.0208. The number of hydrogen-bond acceptors (Lipinski definition) is 6. The van der Waals surface area contributed by atoms with E-state index in [0.29, 0.717) is 11.3 Å². The predicted molar refractivity (Wildman–Crippen MR) is 107 cm³/mol. The van der Waals surface area contributed by atoms with Gasteiger partial charge in [-0.05, 0) is 61.4 Å². The fourth-order valence-corrected chi connectivity index (χ4v) is 3.40. The maximum Gasteiger partial charge on any atom is 0.314 e. The molecular formula is C22H26N4O2. The summed E-state index contributed by atoms with van der Waals surface area (Å²) in [4.78, 5) is 16.3. The van der Waals surface area contributed by atoms with E-state index in [4.69, 9.17) is 20.7 Å². The van der Waals surface area contributed by atoms with Crippen LogP contribution in [0.4, 0.5) is 0 Å². The summed E-state index contributed by atoms with van der Waals surface area (Å²) in [5.74, 6) is 1.05. The van der Waals surface area contributed by atoms with Crippen LogP contribution in [0.25, 0.3) is 0 Å². The minimum atomic E-state index is -1.10. The van der Waals surface area contributed by atoms with E-state index < -0.39 is 11.8 Å². The lowest BCUT2D eigenvalue weighted by atomic mass is 9.80. The molecule has 0 heterocycles. The molecule has 0 aliphatic heterocycles. The largest absolute Gasteiger partial charge is 0.426 e. The van der Waals surface area contributed by atoms with E-state index in [-0.39, 0.29) is 11.9 Å². The number of nitrogens with zero attached hydrogens (tertiary/aromatic N) is 3. The molecule has 0 spiro atoms. The molecule has 0 saturated heterocycles. The second-order valence-corrected chi connectivity index (χ2v) is 7.19. The van der Waals surface area contributed by atoms with Crippen molar-refractivity contribution in [2.75, 3.05) is 0 Å². The summed E-state index contributed by atoms with van der Waals surface area (Å²) < 4.78 is 5.51. The number of nitrogens with one attached hydrogen (secondary N) is 1. The Kier molecular flexibility index (Phi) is 8.37. The first-order valence-electron chi connectivity index (χ1n) is 9.80. The van der Waals surface area contributed by atoms with Crippen LogP contribution in [0.15, 0.2) is 29.3 Å². The van der Waals surface area contributed by atoms with Crippen molar-refractivity contribution in [2.45, 2.75) is 57.9 Å². The number of rotatable bonds is 8. The predicted octanol–water partition coefficient (Wildman–Crippen LogP) is 4.44. The molecule has 1 saturated carbocycles. The van der Waals surface area contributed by atoms with Gasteiger partial charge in [0, 0.05) is 6.21 Å². The number of esters is 1. The molecule has 1 aromatic carbocycles. The van der Waals surface area contributed by atoms with E-state index >= 15 is 0 Å². The summed E-state index contributed by atoms with van der Waals surface area (Å²) in [6.45, 7) is 2.21. The Morgan fingerprint density at radius 3 is 2.54 bits per heavy atom. The van der Waals surface area contributed by atoms with Gasteiger partial charge >= 0.3 is 5.97 Å². The van der Waals surface area contributed by atoms with Crippen molar-refractivity contribution in [2.24, 2.45) is 16.8 Å². The highest BCUT2D eigenvalue weighted by Crippen LogP contribution is 2.32. The topological polar surface area (TPSA) is 110 Å². The van der Waals surface area contributed by atoms with Crippen LogP contribution in [0.2, 0.25) is 0 Å². The number of unbranched alkanes of at least 4 members (excludes halogenated alkanes) is 1. The third-order valence-corrected chi connectivity index (χ3v) is 5.13. The van der Waals surface area contributed by atoms with Crippen LogP contribution < -0.4 is 4.74 Å². The molecule has 1 fully saturated rings. The Balaban J connectivity index is 1.86. The summed E-state index contributed by atoms with van der Waals surface area (Å²) in [6.07, 6.45) is 9.20. The molecule has 1 aliphatic rings. The summed E-state index contributed by atoms with van der Waals surface area (Å²) in [5.41, 5.74) is 0.302. The Bertz CT molecular complexity index is 778. The maximum atomic E-state index is 12.4. The Morgan fingerprint density at radius 1 is 1.29 bits per heavy atom. The van der Waals surface area contributed by atoms with Gasteiger partial charge in [0.25, 0.3) is 0 Å². The van der Waals surface area contributed by atoms with Crippen molar-refractivity contribution in [3.63, 3.8) is 0 Å². The molecular weight excluding hydrogens is 352 g/mol. The third-order valence-electron chi connectivity index (χ3n) is 5.13. The fourth-order valence-electron chi connectivity index (χ4n) is 3.40. The standard InChI is InChI=1S/C22H26N4O2/c1-2-3-4-16-5-9-18(10-6-16)22(27)28-19-11-7-17(8-12-19)15-26-21(14-24)20(25)13-23/h7-8,11-12,15-16,18,21,25H,2-6,9-10H2,1H3/t16?,18?,21-/m1/s1. The van der Waals surface area contributed by atoms with Crippen LogP contribution in [0.5, 0.6) is 5.75 Å². The van der Waals surface area contributed by atoms with Crippen LogP contribution >= 0.6 is 0 Å². The normalized spacial score (nSPS) is 20.1. The quantitative estimate of drug-likeness (QED) is 0.409. The van der Waals surface area contributed by atoms with Gasteiger partial charge in [0.2, 0.25) is 0 Å². The zero-order chi connectivity index (χ0) is 20.4. The molecule has 6 heteroatoms. The number of carbonyl (C=O) groups is 1. The average Bonchev–Trinajstić information content (AvgIpc) is 2.73. The molecule has 6 nitrogen and oxygen atoms in total. The summed E-state index contributed by atoms with van der Waals surface area (Å²) >= 11 is 0. The number of carbonyl (C=O) groups excluding carboxylic acids is 1. The molecule has 0 amide bonds. The smallest absolute Gasteiger partial charge is 0.314 e. The highest BCUT2D eigenvalue weighted by Gasteiger charge is 2.27. The molecule has 1 aliphatic carbocycles. The monoisotopic (exact) mass is 378 g/mol. The first-order chi connectivity index (χ1) is 13.6. The molecule has 0 radical (unpaired) electrons. The van der Waals surface area contributed by atoms with Gasteiger partial charge in [0.05, 0.1) is 12.0 Å². The zero-order valence-corrected chi connectivity index (χ0v) is 16.2. The van der Waals surface area contributed by atoms with Gasteiger partial charge in [-0.2, -0.15) is 10.5 Å². The lowest BCUT2D eigenvalue weighted by Crippen LogP contribution is -2.25. The van der Waals surface area contributed by atoms with Crippen LogP contribution in [0, 0.1) is 39.9 Å². The Labute approximate surface area is 166 Å². The second-order valence-electron chi connectivity index (χ2n) is 7.19. The minimum Gasteiger partial charge on any atom is -0.426 e. The van der Waals surface area contributed by atoms with Gasteiger partial charge in [-0.1, -0.05) is 26.2 Å². The SMILES string of the molecule is CCCCC1CCC(C(=O)Oc2ccc(C=N[C@H](C#N)C(=N)C#N)cc2)CC1. The lowest BCUT2D eigenvalue weighted by Gasteiger charge is -2.27. The molecule has 0 bridgehead atoms. The summed E-state index contributed by atoms with van der Waals surface area (Å²) in [5, 5.41) is 24.9. The summed E-state index contributed by atoms with van der Waals surface area (Å²) in [7, 11) is 0. The van der Waals surface area contributed by atoms with Crippen molar-refractivity contribution in [1.82, 2.24) is 0 Å². The van der Waals surface area contributed by atoms with Crippen molar-refractivity contribution < 1.29 is 9.53 Å². The molecule has 2 rings (SSSR count). The van der Waals surface area contributed by atoms with E-state index in [1.807, 2.05) is 0 Å². The first kappa shape index (κ1) is 21.3. The average molecular weight is 378 g/mol. The van der Waals surface area contributed by atoms with Crippen LogP contribution in [0.3, 0.4) is 0 Å². The van der Waals surface area contributed by atoms with Gasteiger partial charge in [-0.15, -0.1) is 0 Å². The van der Waals surface area contributed by atoms with Gasteiger partial charge in [0.15, 0.2) is 6.04 Å². The molecule has 1 N–H and O–H groups in total. The zero-order valence-electron chi connectivity index (χ0n) is 16.2. The third kappa shape index (κ3) is 6.32. The van der Waals surface area contributed by atoms with Crippen molar-refractivity contribution in [3.05, 3.63) is 29.8 Å². The fraction of sp³-hybridized carbons (Fsp3) is 0.500. The second kappa shape index (κ2) is 11.0. The number of nitriles is 2. The van der Waals surface area contributed by atoms with E-state index in [1.165, 1.54) is 25.5 Å². The van der Waals surface area contributed by atoms with Crippen molar-refractivity contribution >= 4 is 17.9 Å².